The molecule has 0 spiro atoms. The van der Waals surface area contributed by atoms with Crippen molar-refractivity contribution < 1.29 is 9.59 Å². The zero-order valence-electron chi connectivity index (χ0n) is 15.7. The molecule has 0 aromatic heterocycles. The second-order valence-electron chi connectivity index (χ2n) is 7.33. The first kappa shape index (κ1) is 17.4. The van der Waals surface area contributed by atoms with Gasteiger partial charge in [-0.25, -0.2) is 9.79 Å². The highest BCUT2D eigenvalue weighted by Gasteiger charge is 2.24. The fourth-order valence-electron chi connectivity index (χ4n) is 3.97. The van der Waals surface area contributed by atoms with Crippen LogP contribution in [0.25, 0.3) is 0 Å². The van der Waals surface area contributed by atoms with E-state index < -0.39 is 0 Å². The van der Waals surface area contributed by atoms with E-state index in [9.17, 15) is 9.59 Å². The fourth-order valence-corrected chi connectivity index (χ4v) is 3.97. The molecule has 1 atom stereocenters. The van der Waals surface area contributed by atoms with Crippen LogP contribution in [0.2, 0.25) is 0 Å². The minimum atomic E-state index is -0.202. The van der Waals surface area contributed by atoms with Crippen LogP contribution in [0.4, 0.5) is 10.5 Å². The van der Waals surface area contributed by atoms with Gasteiger partial charge in [-0.3, -0.25) is 4.79 Å². The molecule has 0 saturated heterocycles. The number of carbonyl (C=O) groups is 2. The van der Waals surface area contributed by atoms with Gasteiger partial charge in [0.15, 0.2) is 0 Å². The first-order chi connectivity index (χ1) is 14.2. The van der Waals surface area contributed by atoms with Gasteiger partial charge < -0.3 is 10.2 Å². The molecule has 0 bridgehead atoms. The summed E-state index contributed by atoms with van der Waals surface area (Å²) in [4.78, 5) is 30.5. The van der Waals surface area contributed by atoms with Crippen LogP contribution in [0, 0.1) is 0 Å². The highest BCUT2D eigenvalue weighted by molar-refractivity contribution is 6.05. The highest BCUT2D eigenvalue weighted by Crippen LogP contribution is 2.30. The maximum Gasteiger partial charge on any atom is 0.322 e. The molecule has 0 saturated carbocycles. The second-order valence-corrected chi connectivity index (χ2v) is 7.33. The molecule has 5 heteroatoms. The Bertz CT molecular complexity index is 1110. The SMILES string of the molecule is O=C1N=CC(c2ccc(NC(=O)N3Cc4ccccc4C3)cc2)c2ccccc21. The summed E-state index contributed by atoms with van der Waals surface area (Å²) in [6, 6.07) is 23.3. The lowest BCUT2D eigenvalue weighted by Crippen LogP contribution is -2.30. The number of nitrogens with zero attached hydrogens (tertiary/aromatic N) is 2. The molecule has 0 fully saturated rings. The summed E-state index contributed by atoms with van der Waals surface area (Å²) < 4.78 is 0. The van der Waals surface area contributed by atoms with E-state index in [0.717, 1.165) is 16.8 Å². The Morgan fingerprint density at radius 3 is 2.28 bits per heavy atom. The van der Waals surface area contributed by atoms with E-state index in [2.05, 4.69) is 22.4 Å². The molecule has 3 aromatic carbocycles. The Morgan fingerprint density at radius 1 is 0.897 bits per heavy atom. The van der Waals surface area contributed by atoms with Gasteiger partial charge in [0, 0.05) is 36.5 Å². The van der Waals surface area contributed by atoms with Crippen LogP contribution < -0.4 is 5.32 Å². The molecule has 5 nitrogen and oxygen atoms in total. The van der Waals surface area contributed by atoms with Crippen molar-refractivity contribution >= 4 is 23.8 Å². The smallest absolute Gasteiger partial charge is 0.316 e. The predicted molar refractivity (Wildman–Crippen MR) is 112 cm³/mol. The summed E-state index contributed by atoms with van der Waals surface area (Å²) in [7, 11) is 0. The van der Waals surface area contributed by atoms with Crippen molar-refractivity contribution in [1.29, 1.82) is 0 Å². The van der Waals surface area contributed by atoms with Gasteiger partial charge in [0.25, 0.3) is 5.91 Å². The molecule has 3 aromatic rings. The van der Waals surface area contributed by atoms with Gasteiger partial charge >= 0.3 is 6.03 Å². The number of amides is 3. The van der Waals surface area contributed by atoms with Crippen molar-refractivity contribution in [3.05, 3.63) is 101 Å². The van der Waals surface area contributed by atoms with E-state index in [1.54, 1.807) is 11.1 Å². The molecule has 2 aliphatic heterocycles. The van der Waals surface area contributed by atoms with Gasteiger partial charge in [0.1, 0.15) is 0 Å². The lowest BCUT2D eigenvalue weighted by molar-refractivity contribution is 0.100. The summed E-state index contributed by atoms with van der Waals surface area (Å²) in [5.74, 6) is -0.269. The van der Waals surface area contributed by atoms with Crippen molar-refractivity contribution in [2.45, 2.75) is 19.0 Å². The summed E-state index contributed by atoms with van der Waals surface area (Å²) in [5, 5.41) is 2.97. The number of fused-ring (bicyclic) bond motifs is 2. The van der Waals surface area contributed by atoms with Gasteiger partial charge in [-0.1, -0.05) is 54.6 Å². The lowest BCUT2D eigenvalue weighted by atomic mass is 9.87. The maximum atomic E-state index is 12.6. The Kier molecular flexibility index (Phi) is 4.21. The largest absolute Gasteiger partial charge is 0.322 e. The zero-order chi connectivity index (χ0) is 19.8. The van der Waals surface area contributed by atoms with Gasteiger partial charge in [0.05, 0.1) is 0 Å². The number of hydrogen-bond acceptors (Lipinski definition) is 2. The Hall–Kier alpha value is -3.73. The molecular weight excluding hydrogens is 362 g/mol. The van der Waals surface area contributed by atoms with Crippen LogP contribution in [0.15, 0.2) is 77.8 Å². The fraction of sp³-hybridized carbons (Fsp3) is 0.125. The number of hydrogen-bond donors (Lipinski definition) is 1. The number of anilines is 1. The quantitative estimate of drug-likeness (QED) is 0.706. The van der Waals surface area contributed by atoms with Crippen LogP contribution in [-0.4, -0.2) is 23.1 Å². The molecule has 0 radical (unpaired) electrons. The van der Waals surface area contributed by atoms with Crippen LogP contribution in [-0.2, 0) is 13.1 Å². The normalized spacial score (nSPS) is 17.0. The standard InChI is InChI=1S/C24H19N3O2/c28-23-21-8-4-3-7-20(21)22(13-25-23)16-9-11-19(12-10-16)26-24(29)27-14-17-5-1-2-6-18(17)15-27/h1-13,22H,14-15H2,(H,26,29). The third kappa shape index (κ3) is 3.21. The summed E-state index contributed by atoms with van der Waals surface area (Å²) >= 11 is 0. The average Bonchev–Trinajstić information content (AvgIpc) is 3.20. The van der Waals surface area contributed by atoms with E-state index in [4.69, 9.17) is 0 Å². The van der Waals surface area contributed by atoms with Crippen LogP contribution in [0.5, 0.6) is 0 Å². The molecular formula is C24H19N3O2. The second kappa shape index (κ2) is 7.02. The predicted octanol–water partition coefficient (Wildman–Crippen LogP) is 4.59. The van der Waals surface area contributed by atoms with E-state index in [-0.39, 0.29) is 17.9 Å². The molecule has 2 heterocycles. The molecule has 3 amide bonds. The lowest BCUT2D eigenvalue weighted by Gasteiger charge is -2.20. The first-order valence-corrected chi connectivity index (χ1v) is 9.59. The Labute approximate surface area is 168 Å². The Balaban J connectivity index is 1.31. The molecule has 142 valence electrons. The Morgan fingerprint density at radius 2 is 1.55 bits per heavy atom. The van der Waals surface area contributed by atoms with Crippen LogP contribution in [0.3, 0.4) is 0 Å². The van der Waals surface area contributed by atoms with E-state index >= 15 is 0 Å². The van der Waals surface area contributed by atoms with Gasteiger partial charge in [-0.15, -0.1) is 0 Å². The number of nitrogens with one attached hydrogen (secondary N) is 1. The summed E-state index contributed by atoms with van der Waals surface area (Å²) in [6.45, 7) is 1.26. The third-order valence-corrected chi connectivity index (χ3v) is 5.52. The maximum absolute atomic E-state index is 12.6. The van der Waals surface area contributed by atoms with E-state index in [0.29, 0.717) is 18.7 Å². The number of carbonyl (C=O) groups excluding carboxylic acids is 2. The van der Waals surface area contributed by atoms with Gasteiger partial charge in [-0.2, -0.15) is 0 Å². The molecule has 1 N–H and O–H groups in total. The average molecular weight is 381 g/mol. The highest BCUT2D eigenvalue weighted by atomic mass is 16.2. The number of benzene rings is 3. The van der Waals surface area contributed by atoms with Crippen molar-refractivity contribution in [2.24, 2.45) is 4.99 Å². The monoisotopic (exact) mass is 381 g/mol. The van der Waals surface area contributed by atoms with E-state index in [1.165, 1.54) is 11.1 Å². The molecule has 1 unspecified atom stereocenters. The molecule has 5 rings (SSSR count). The first-order valence-electron chi connectivity index (χ1n) is 9.59. The minimum Gasteiger partial charge on any atom is -0.316 e. The van der Waals surface area contributed by atoms with Crippen molar-refractivity contribution in [1.82, 2.24) is 4.90 Å². The van der Waals surface area contributed by atoms with Crippen molar-refractivity contribution in [3.63, 3.8) is 0 Å². The van der Waals surface area contributed by atoms with Crippen molar-refractivity contribution in [3.8, 4) is 0 Å². The third-order valence-electron chi connectivity index (χ3n) is 5.52. The molecule has 2 aliphatic rings. The van der Waals surface area contributed by atoms with Crippen molar-refractivity contribution in [2.75, 3.05) is 5.32 Å². The van der Waals surface area contributed by atoms with Gasteiger partial charge in [-0.05, 0) is 40.5 Å². The van der Waals surface area contributed by atoms with E-state index in [1.807, 2.05) is 60.7 Å². The topological polar surface area (TPSA) is 61.8 Å². The minimum absolute atomic E-state index is 0.0678. The molecule has 29 heavy (non-hydrogen) atoms. The summed E-state index contributed by atoms with van der Waals surface area (Å²) in [5.41, 5.74) is 5.77. The molecule has 0 aliphatic carbocycles. The number of rotatable bonds is 2. The van der Waals surface area contributed by atoms with Crippen LogP contribution >= 0.6 is 0 Å². The number of aliphatic imine (C=N–C) groups is 1. The summed E-state index contributed by atoms with van der Waals surface area (Å²) in [6.07, 6.45) is 1.69. The zero-order valence-corrected chi connectivity index (χ0v) is 15.7. The van der Waals surface area contributed by atoms with Crippen LogP contribution in [0.1, 0.15) is 38.5 Å². The number of urea groups is 1. The van der Waals surface area contributed by atoms with Gasteiger partial charge in [0.2, 0.25) is 0 Å².